The first kappa shape index (κ1) is 19.7. The van der Waals surface area contributed by atoms with E-state index in [1.165, 1.54) is 16.9 Å². The second kappa shape index (κ2) is 8.02. The predicted octanol–water partition coefficient (Wildman–Crippen LogP) is 2.16. The molecule has 2 aromatic heterocycles. The summed E-state index contributed by atoms with van der Waals surface area (Å²) in [6, 6.07) is 8.42. The molecule has 0 aliphatic carbocycles. The summed E-state index contributed by atoms with van der Waals surface area (Å²) in [5, 5.41) is 13.7. The average Bonchev–Trinajstić information content (AvgIpc) is 3.13. The van der Waals surface area contributed by atoms with E-state index in [4.69, 9.17) is 9.47 Å². The smallest absolute Gasteiger partial charge is 0.264 e. The van der Waals surface area contributed by atoms with E-state index < -0.39 is 0 Å². The van der Waals surface area contributed by atoms with Crippen LogP contribution in [-0.2, 0) is 0 Å². The SMILES string of the molecule is Cc1c(C(=O)NC(c2ccc3c(c2)OCCO3)C(C)C)cnn1-c1ccc(=O)[nH]n1. The fourth-order valence-corrected chi connectivity index (χ4v) is 3.43. The van der Waals surface area contributed by atoms with Crippen molar-refractivity contribution in [1.82, 2.24) is 25.3 Å². The Balaban J connectivity index is 1.58. The molecular weight excluding hydrogens is 386 g/mol. The van der Waals surface area contributed by atoms with Gasteiger partial charge in [-0.25, -0.2) is 9.78 Å². The number of rotatable bonds is 5. The standard InChI is InChI=1S/C21H23N5O4/c1-12(2)20(14-4-5-16-17(10-14)30-9-8-29-16)23-21(28)15-11-22-26(13(15)3)18-6-7-19(27)25-24-18/h4-7,10-12,20H,8-9H2,1-3H3,(H,23,28)(H,25,27). The Labute approximate surface area is 173 Å². The third-order valence-corrected chi connectivity index (χ3v) is 5.01. The minimum absolute atomic E-state index is 0.146. The van der Waals surface area contributed by atoms with Crippen LogP contribution in [0.25, 0.3) is 5.82 Å². The average molecular weight is 409 g/mol. The lowest BCUT2D eigenvalue weighted by atomic mass is 9.95. The molecule has 3 heterocycles. The summed E-state index contributed by atoms with van der Waals surface area (Å²) in [5.74, 6) is 1.74. The van der Waals surface area contributed by atoms with Crippen molar-refractivity contribution in [2.45, 2.75) is 26.8 Å². The van der Waals surface area contributed by atoms with Gasteiger partial charge in [-0.15, -0.1) is 0 Å². The van der Waals surface area contributed by atoms with Crippen molar-refractivity contribution in [3.63, 3.8) is 0 Å². The second-order valence-electron chi connectivity index (χ2n) is 7.43. The molecule has 30 heavy (non-hydrogen) atoms. The van der Waals surface area contributed by atoms with Gasteiger partial charge < -0.3 is 14.8 Å². The number of carbonyl (C=O) groups is 1. The molecule has 4 rings (SSSR count). The number of benzene rings is 1. The molecule has 3 aromatic rings. The molecule has 2 N–H and O–H groups in total. The molecular formula is C21H23N5O4. The monoisotopic (exact) mass is 409 g/mol. The number of aromatic nitrogens is 4. The quantitative estimate of drug-likeness (QED) is 0.668. The number of nitrogens with zero attached hydrogens (tertiary/aromatic N) is 3. The Morgan fingerprint density at radius 1 is 1.17 bits per heavy atom. The van der Waals surface area contributed by atoms with Gasteiger partial charge in [0, 0.05) is 6.07 Å². The van der Waals surface area contributed by atoms with E-state index in [-0.39, 0.29) is 23.4 Å². The summed E-state index contributed by atoms with van der Waals surface area (Å²) >= 11 is 0. The molecule has 1 aromatic carbocycles. The Morgan fingerprint density at radius 2 is 1.93 bits per heavy atom. The van der Waals surface area contributed by atoms with E-state index >= 15 is 0 Å². The highest BCUT2D eigenvalue weighted by Crippen LogP contribution is 2.34. The number of hydrogen-bond donors (Lipinski definition) is 2. The lowest BCUT2D eigenvalue weighted by Crippen LogP contribution is -2.32. The lowest BCUT2D eigenvalue weighted by molar-refractivity contribution is 0.0924. The fraction of sp³-hybridized carbons (Fsp3) is 0.333. The van der Waals surface area contributed by atoms with Crippen LogP contribution in [0.4, 0.5) is 0 Å². The first-order valence-corrected chi connectivity index (χ1v) is 9.75. The molecule has 156 valence electrons. The highest BCUT2D eigenvalue weighted by Gasteiger charge is 2.24. The van der Waals surface area contributed by atoms with Gasteiger partial charge in [-0.2, -0.15) is 10.2 Å². The molecule has 9 heteroatoms. The number of carbonyl (C=O) groups excluding carboxylic acids is 1. The van der Waals surface area contributed by atoms with Crippen LogP contribution in [0.2, 0.25) is 0 Å². The van der Waals surface area contributed by atoms with Gasteiger partial charge in [-0.05, 0) is 36.6 Å². The van der Waals surface area contributed by atoms with E-state index in [9.17, 15) is 9.59 Å². The van der Waals surface area contributed by atoms with Gasteiger partial charge in [-0.3, -0.25) is 9.59 Å². The van der Waals surface area contributed by atoms with Gasteiger partial charge in [0.05, 0.1) is 23.5 Å². The van der Waals surface area contributed by atoms with Crippen LogP contribution in [0.15, 0.2) is 41.3 Å². The highest BCUT2D eigenvalue weighted by atomic mass is 16.6. The fourth-order valence-electron chi connectivity index (χ4n) is 3.43. The molecule has 0 spiro atoms. The van der Waals surface area contributed by atoms with Crippen molar-refractivity contribution in [1.29, 1.82) is 0 Å². The van der Waals surface area contributed by atoms with Crippen molar-refractivity contribution in [2.75, 3.05) is 13.2 Å². The minimum atomic E-state index is -0.305. The summed E-state index contributed by atoms with van der Waals surface area (Å²) < 4.78 is 12.8. The number of aromatic amines is 1. The number of nitrogens with one attached hydrogen (secondary N) is 2. The zero-order valence-corrected chi connectivity index (χ0v) is 17.0. The number of hydrogen-bond acceptors (Lipinski definition) is 6. The Bertz CT molecular complexity index is 1110. The Morgan fingerprint density at radius 3 is 2.63 bits per heavy atom. The van der Waals surface area contributed by atoms with Crippen molar-refractivity contribution in [3.05, 3.63) is 63.7 Å². The predicted molar refractivity (Wildman–Crippen MR) is 109 cm³/mol. The zero-order valence-electron chi connectivity index (χ0n) is 17.0. The van der Waals surface area contributed by atoms with Crippen molar-refractivity contribution >= 4 is 5.91 Å². The summed E-state index contributed by atoms with van der Waals surface area (Å²) in [6.45, 7) is 6.91. The molecule has 1 aliphatic heterocycles. The maximum absolute atomic E-state index is 13.0. The van der Waals surface area contributed by atoms with E-state index in [2.05, 4.69) is 20.6 Å². The van der Waals surface area contributed by atoms with Crippen molar-refractivity contribution in [3.8, 4) is 17.3 Å². The van der Waals surface area contributed by atoms with Crippen LogP contribution in [0, 0.1) is 12.8 Å². The van der Waals surface area contributed by atoms with Gasteiger partial charge in [-0.1, -0.05) is 19.9 Å². The van der Waals surface area contributed by atoms with Gasteiger partial charge >= 0.3 is 0 Å². The normalized spacial score (nSPS) is 13.9. The number of fused-ring (bicyclic) bond motifs is 1. The van der Waals surface area contributed by atoms with Crippen LogP contribution in [-0.4, -0.2) is 39.1 Å². The molecule has 0 fully saturated rings. The van der Waals surface area contributed by atoms with Crippen LogP contribution in [0.5, 0.6) is 11.5 Å². The van der Waals surface area contributed by atoms with Gasteiger partial charge in [0.1, 0.15) is 13.2 Å². The minimum Gasteiger partial charge on any atom is -0.486 e. The number of H-pyrrole nitrogens is 1. The molecule has 0 saturated heterocycles. The van der Waals surface area contributed by atoms with Gasteiger partial charge in [0.2, 0.25) is 0 Å². The van der Waals surface area contributed by atoms with E-state index in [0.717, 1.165) is 5.56 Å². The molecule has 1 amide bonds. The molecule has 1 aliphatic rings. The molecule has 1 atom stereocenters. The number of amides is 1. The van der Waals surface area contributed by atoms with E-state index in [1.807, 2.05) is 32.0 Å². The van der Waals surface area contributed by atoms with Crippen LogP contribution in [0.1, 0.15) is 41.5 Å². The van der Waals surface area contributed by atoms with Gasteiger partial charge in [0.15, 0.2) is 17.3 Å². The molecule has 0 saturated carbocycles. The third kappa shape index (κ3) is 3.78. The second-order valence-corrected chi connectivity index (χ2v) is 7.43. The zero-order chi connectivity index (χ0) is 21.3. The first-order chi connectivity index (χ1) is 14.4. The Hall–Kier alpha value is -3.62. The molecule has 9 nitrogen and oxygen atoms in total. The van der Waals surface area contributed by atoms with E-state index in [0.29, 0.717) is 41.8 Å². The van der Waals surface area contributed by atoms with Crippen molar-refractivity contribution < 1.29 is 14.3 Å². The molecule has 1 unspecified atom stereocenters. The lowest BCUT2D eigenvalue weighted by Gasteiger charge is -2.25. The maximum atomic E-state index is 13.0. The first-order valence-electron chi connectivity index (χ1n) is 9.75. The molecule has 0 bridgehead atoms. The topological polar surface area (TPSA) is 111 Å². The summed E-state index contributed by atoms with van der Waals surface area (Å²) in [4.78, 5) is 24.3. The van der Waals surface area contributed by atoms with Gasteiger partial charge in [0.25, 0.3) is 11.5 Å². The largest absolute Gasteiger partial charge is 0.486 e. The van der Waals surface area contributed by atoms with Crippen molar-refractivity contribution in [2.24, 2.45) is 5.92 Å². The third-order valence-electron chi connectivity index (χ3n) is 5.01. The van der Waals surface area contributed by atoms with Crippen LogP contribution < -0.4 is 20.3 Å². The van der Waals surface area contributed by atoms with Crippen LogP contribution >= 0.6 is 0 Å². The highest BCUT2D eigenvalue weighted by molar-refractivity contribution is 5.95. The van der Waals surface area contributed by atoms with Crippen LogP contribution in [0.3, 0.4) is 0 Å². The molecule has 0 radical (unpaired) electrons. The number of ether oxygens (including phenoxy) is 2. The summed E-state index contributed by atoms with van der Waals surface area (Å²) in [7, 11) is 0. The summed E-state index contributed by atoms with van der Waals surface area (Å²) in [6.07, 6.45) is 1.50. The van der Waals surface area contributed by atoms with E-state index in [1.54, 1.807) is 13.0 Å². The summed E-state index contributed by atoms with van der Waals surface area (Å²) in [5.41, 5.74) is 1.69. The Kier molecular flexibility index (Phi) is 5.26. The maximum Gasteiger partial charge on any atom is 0.264 e.